The molecule has 2 rings (SSSR count). The second-order valence-electron chi connectivity index (χ2n) is 5.51. The predicted octanol–water partition coefficient (Wildman–Crippen LogP) is 4.07. The van der Waals surface area contributed by atoms with Crippen LogP contribution in [0, 0.1) is 13.8 Å². The van der Waals surface area contributed by atoms with Crippen LogP contribution in [0.4, 0.5) is 0 Å². The number of benzene rings is 1. The van der Waals surface area contributed by atoms with Crippen LogP contribution in [0.15, 0.2) is 18.2 Å². The molecule has 1 fully saturated rings. The summed E-state index contributed by atoms with van der Waals surface area (Å²) in [7, 11) is 0. The minimum absolute atomic E-state index is 0.731. The zero-order valence-corrected chi connectivity index (χ0v) is 12.6. The molecule has 0 radical (unpaired) electrons. The molecule has 1 aliphatic carbocycles. The molecule has 100 valence electrons. The smallest absolute Gasteiger partial charge is 0.0208 e. The van der Waals surface area contributed by atoms with Gasteiger partial charge in [-0.2, -0.15) is 11.8 Å². The summed E-state index contributed by atoms with van der Waals surface area (Å²) in [6.45, 7) is 5.40. The molecule has 0 unspecified atom stereocenters. The maximum absolute atomic E-state index is 3.72. The lowest BCUT2D eigenvalue weighted by atomic mass is 9.94. The van der Waals surface area contributed by atoms with Crippen LogP contribution in [0.25, 0.3) is 0 Å². The molecule has 0 atom stereocenters. The van der Waals surface area contributed by atoms with Crippen molar-refractivity contribution in [3.05, 3.63) is 34.9 Å². The van der Waals surface area contributed by atoms with Gasteiger partial charge < -0.3 is 5.32 Å². The van der Waals surface area contributed by atoms with E-state index in [-0.39, 0.29) is 0 Å². The van der Waals surface area contributed by atoms with Crippen molar-refractivity contribution in [2.45, 2.75) is 57.4 Å². The third-order valence-corrected chi connectivity index (χ3v) is 5.31. The highest BCUT2D eigenvalue weighted by atomic mass is 32.2. The molecule has 1 N–H and O–H groups in total. The Balaban J connectivity index is 1.79. The van der Waals surface area contributed by atoms with Crippen molar-refractivity contribution in [3.63, 3.8) is 0 Å². The Kier molecular flexibility index (Phi) is 5.13. The molecule has 18 heavy (non-hydrogen) atoms. The highest BCUT2D eigenvalue weighted by Gasteiger charge is 2.19. The third-order valence-electron chi connectivity index (χ3n) is 4.17. The fourth-order valence-electron chi connectivity index (χ4n) is 2.68. The van der Waals surface area contributed by atoms with Crippen molar-refractivity contribution in [2.75, 3.05) is 6.26 Å². The molecule has 1 aliphatic rings. The first-order valence-corrected chi connectivity index (χ1v) is 8.30. The van der Waals surface area contributed by atoms with Crippen LogP contribution in [0.2, 0.25) is 0 Å². The topological polar surface area (TPSA) is 12.0 Å². The minimum Gasteiger partial charge on any atom is -0.310 e. The summed E-state index contributed by atoms with van der Waals surface area (Å²) in [5.41, 5.74) is 4.21. The number of hydrogen-bond donors (Lipinski definition) is 1. The quantitative estimate of drug-likeness (QED) is 0.879. The fourth-order valence-corrected chi connectivity index (χ4v) is 3.42. The normalized spacial score (nSPS) is 24.2. The Morgan fingerprint density at radius 2 is 1.83 bits per heavy atom. The molecular weight excluding hydrogens is 238 g/mol. The number of nitrogens with one attached hydrogen (secondary N) is 1. The summed E-state index contributed by atoms with van der Waals surface area (Å²) in [6, 6.07) is 7.53. The summed E-state index contributed by atoms with van der Waals surface area (Å²) >= 11 is 2.04. The first-order chi connectivity index (χ1) is 8.69. The lowest BCUT2D eigenvalue weighted by Crippen LogP contribution is -2.33. The molecule has 0 spiro atoms. The summed E-state index contributed by atoms with van der Waals surface area (Å²) in [5, 5.41) is 4.63. The van der Waals surface area contributed by atoms with E-state index in [4.69, 9.17) is 0 Å². The maximum Gasteiger partial charge on any atom is 0.0208 e. The minimum atomic E-state index is 0.731. The van der Waals surface area contributed by atoms with E-state index in [1.165, 1.54) is 42.4 Å². The van der Waals surface area contributed by atoms with E-state index in [1.807, 2.05) is 11.8 Å². The van der Waals surface area contributed by atoms with Crippen LogP contribution in [-0.4, -0.2) is 17.5 Å². The summed E-state index contributed by atoms with van der Waals surface area (Å²) < 4.78 is 0. The van der Waals surface area contributed by atoms with Gasteiger partial charge in [0.15, 0.2) is 0 Å². The number of rotatable bonds is 4. The van der Waals surface area contributed by atoms with Crippen LogP contribution in [0.5, 0.6) is 0 Å². The Bertz CT molecular complexity index is 381. The van der Waals surface area contributed by atoms with Crippen LogP contribution in [0.3, 0.4) is 0 Å². The molecule has 0 aromatic heterocycles. The summed E-state index contributed by atoms with van der Waals surface area (Å²) in [4.78, 5) is 0. The Labute approximate surface area is 116 Å². The molecular formula is C16H25NS. The zero-order valence-electron chi connectivity index (χ0n) is 11.8. The van der Waals surface area contributed by atoms with E-state index in [2.05, 4.69) is 43.6 Å². The molecule has 0 amide bonds. The molecule has 0 saturated heterocycles. The molecule has 0 aliphatic heterocycles. The largest absolute Gasteiger partial charge is 0.310 e. The van der Waals surface area contributed by atoms with Crippen molar-refractivity contribution in [1.29, 1.82) is 0 Å². The van der Waals surface area contributed by atoms with Gasteiger partial charge in [-0.1, -0.05) is 18.2 Å². The Morgan fingerprint density at radius 1 is 1.11 bits per heavy atom. The van der Waals surface area contributed by atoms with Crippen LogP contribution >= 0.6 is 11.8 Å². The van der Waals surface area contributed by atoms with Gasteiger partial charge in [-0.05, 0) is 62.5 Å². The van der Waals surface area contributed by atoms with E-state index in [0.717, 1.165) is 17.8 Å². The zero-order chi connectivity index (χ0) is 13.0. The fraction of sp³-hybridized carbons (Fsp3) is 0.625. The molecule has 1 aromatic rings. The van der Waals surface area contributed by atoms with Crippen LogP contribution in [-0.2, 0) is 6.54 Å². The summed E-state index contributed by atoms with van der Waals surface area (Å²) in [5.74, 6) is 0. The van der Waals surface area contributed by atoms with E-state index >= 15 is 0 Å². The van der Waals surface area contributed by atoms with Gasteiger partial charge in [0.1, 0.15) is 0 Å². The molecule has 1 saturated carbocycles. The Hall–Kier alpha value is -0.470. The van der Waals surface area contributed by atoms with Gasteiger partial charge in [0.25, 0.3) is 0 Å². The lowest BCUT2D eigenvalue weighted by molar-refractivity contribution is 0.379. The first-order valence-electron chi connectivity index (χ1n) is 7.01. The van der Waals surface area contributed by atoms with Gasteiger partial charge in [-0.15, -0.1) is 0 Å². The van der Waals surface area contributed by atoms with Crippen LogP contribution in [0.1, 0.15) is 42.4 Å². The Morgan fingerprint density at radius 3 is 2.44 bits per heavy atom. The van der Waals surface area contributed by atoms with Gasteiger partial charge in [0.2, 0.25) is 0 Å². The van der Waals surface area contributed by atoms with Gasteiger partial charge in [-0.3, -0.25) is 0 Å². The first kappa shape index (κ1) is 14.0. The van der Waals surface area contributed by atoms with Crippen molar-refractivity contribution >= 4 is 11.8 Å². The van der Waals surface area contributed by atoms with Crippen LogP contribution < -0.4 is 5.32 Å². The number of thioether (sulfide) groups is 1. The molecule has 2 heteroatoms. The average Bonchev–Trinajstić information content (AvgIpc) is 2.41. The van der Waals surface area contributed by atoms with Crippen molar-refractivity contribution in [1.82, 2.24) is 5.32 Å². The van der Waals surface area contributed by atoms with E-state index in [9.17, 15) is 0 Å². The monoisotopic (exact) mass is 263 g/mol. The van der Waals surface area contributed by atoms with Gasteiger partial charge in [0, 0.05) is 17.8 Å². The van der Waals surface area contributed by atoms with E-state index in [1.54, 1.807) is 0 Å². The maximum atomic E-state index is 3.72. The van der Waals surface area contributed by atoms with Gasteiger partial charge in [0.05, 0.1) is 0 Å². The van der Waals surface area contributed by atoms with Crippen molar-refractivity contribution < 1.29 is 0 Å². The van der Waals surface area contributed by atoms with E-state index in [0.29, 0.717) is 0 Å². The SMILES string of the molecule is CSC1CCC(NCc2ccc(C)c(C)c2)CC1. The second-order valence-corrected chi connectivity index (χ2v) is 6.65. The van der Waals surface area contributed by atoms with Gasteiger partial charge in [-0.25, -0.2) is 0 Å². The third kappa shape index (κ3) is 3.76. The summed E-state index contributed by atoms with van der Waals surface area (Å²) in [6.07, 6.45) is 7.69. The highest BCUT2D eigenvalue weighted by molar-refractivity contribution is 7.99. The molecule has 0 bridgehead atoms. The highest BCUT2D eigenvalue weighted by Crippen LogP contribution is 2.27. The van der Waals surface area contributed by atoms with Crippen molar-refractivity contribution in [2.24, 2.45) is 0 Å². The van der Waals surface area contributed by atoms with E-state index < -0.39 is 0 Å². The molecule has 1 nitrogen and oxygen atoms in total. The van der Waals surface area contributed by atoms with Crippen molar-refractivity contribution in [3.8, 4) is 0 Å². The predicted molar refractivity (Wildman–Crippen MR) is 82.3 cm³/mol. The standard InChI is InChI=1S/C16H25NS/c1-12-4-5-14(10-13(12)2)11-17-15-6-8-16(18-3)9-7-15/h4-5,10,15-17H,6-9,11H2,1-3H3. The van der Waals surface area contributed by atoms with Gasteiger partial charge >= 0.3 is 0 Å². The lowest BCUT2D eigenvalue weighted by Gasteiger charge is -2.28. The number of aryl methyl sites for hydroxylation is 2. The number of hydrogen-bond acceptors (Lipinski definition) is 2. The molecule has 0 heterocycles. The molecule has 1 aromatic carbocycles. The second kappa shape index (κ2) is 6.63. The average molecular weight is 263 g/mol.